The highest BCUT2D eigenvalue weighted by Gasteiger charge is 2.16. The van der Waals surface area contributed by atoms with E-state index in [9.17, 15) is 9.90 Å². The van der Waals surface area contributed by atoms with Gasteiger partial charge in [-0.1, -0.05) is 26.0 Å². The number of hydrogen-bond donors (Lipinski definition) is 4. The van der Waals surface area contributed by atoms with E-state index < -0.39 is 6.04 Å². The zero-order valence-electron chi connectivity index (χ0n) is 12.1. The summed E-state index contributed by atoms with van der Waals surface area (Å²) in [6.07, 6.45) is 0.396. The van der Waals surface area contributed by atoms with E-state index in [1.165, 1.54) is 0 Å². The average Bonchev–Trinajstić information content (AvgIpc) is 2.90. The van der Waals surface area contributed by atoms with E-state index in [1.54, 1.807) is 30.3 Å². The number of benzene rings is 1. The van der Waals surface area contributed by atoms with Gasteiger partial charge in [0.05, 0.1) is 6.04 Å². The molecular formula is C15H20N4O2. The van der Waals surface area contributed by atoms with Crippen molar-refractivity contribution in [2.45, 2.75) is 32.2 Å². The van der Waals surface area contributed by atoms with Crippen LogP contribution < -0.4 is 11.1 Å². The molecule has 0 spiro atoms. The smallest absolute Gasteiger partial charge is 0.242 e. The third-order valence-corrected chi connectivity index (χ3v) is 3.20. The SMILES string of the molecule is CC(C)c1cc(NC(=O)C(N)Cc2ccc(O)cc2)n[nH]1. The Hall–Kier alpha value is -2.34. The molecule has 5 N–H and O–H groups in total. The summed E-state index contributed by atoms with van der Waals surface area (Å²) in [5, 5.41) is 18.8. The predicted molar refractivity (Wildman–Crippen MR) is 81.1 cm³/mol. The van der Waals surface area contributed by atoms with Crippen LogP contribution >= 0.6 is 0 Å². The van der Waals surface area contributed by atoms with E-state index in [0.29, 0.717) is 18.2 Å². The van der Waals surface area contributed by atoms with E-state index in [4.69, 9.17) is 5.73 Å². The molecule has 0 saturated heterocycles. The number of nitrogens with one attached hydrogen (secondary N) is 2. The lowest BCUT2D eigenvalue weighted by molar-refractivity contribution is -0.117. The van der Waals surface area contributed by atoms with Crippen molar-refractivity contribution in [3.63, 3.8) is 0 Å². The summed E-state index contributed by atoms with van der Waals surface area (Å²) in [7, 11) is 0. The number of H-pyrrole nitrogens is 1. The molecule has 2 rings (SSSR count). The van der Waals surface area contributed by atoms with Crippen molar-refractivity contribution in [2.24, 2.45) is 5.73 Å². The van der Waals surface area contributed by atoms with Crippen molar-refractivity contribution in [1.82, 2.24) is 10.2 Å². The standard InChI is InChI=1S/C15H20N4O2/c1-9(2)13-8-14(19-18-13)17-15(21)12(16)7-10-3-5-11(20)6-4-10/h3-6,8-9,12,20H,7,16H2,1-2H3,(H2,17,18,19,21). The van der Waals surface area contributed by atoms with Gasteiger partial charge in [0.2, 0.25) is 5.91 Å². The lowest BCUT2D eigenvalue weighted by atomic mass is 10.1. The van der Waals surface area contributed by atoms with Crippen molar-refractivity contribution in [3.05, 3.63) is 41.6 Å². The highest BCUT2D eigenvalue weighted by Crippen LogP contribution is 2.15. The van der Waals surface area contributed by atoms with E-state index in [2.05, 4.69) is 15.5 Å². The van der Waals surface area contributed by atoms with Crippen LogP contribution in [-0.4, -0.2) is 27.3 Å². The zero-order valence-corrected chi connectivity index (χ0v) is 12.1. The molecule has 1 aromatic carbocycles. The molecule has 112 valence electrons. The Kier molecular flexibility index (Phi) is 4.59. The summed E-state index contributed by atoms with van der Waals surface area (Å²) >= 11 is 0. The minimum absolute atomic E-state index is 0.189. The molecule has 6 nitrogen and oxygen atoms in total. The largest absolute Gasteiger partial charge is 0.508 e. The number of hydrogen-bond acceptors (Lipinski definition) is 4. The number of anilines is 1. The second kappa shape index (κ2) is 6.41. The number of aromatic nitrogens is 2. The van der Waals surface area contributed by atoms with E-state index >= 15 is 0 Å². The van der Waals surface area contributed by atoms with Gasteiger partial charge in [-0.15, -0.1) is 0 Å². The summed E-state index contributed by atoms with van der Waals surface area (Å²) in [6, 6.07) is 7.76. The van der Waals surface area contributed by atoms with Gasteiger partial charge < -0.3 is 16.2 Å². The lowest BCUT2D eigenvalue weighted by Crippen LogP contribution is -2.37. The van der Waals surface area contributed by atoms with Crippen LogP contribution in [0, 0.1) is 0 Å². The van der Waals surface area contributed by atoms with Crippen LogP contribution in [0.3, 0.4) is 0 Å². The Balaban J connectivity index is 1.94. The monoisotopic (exact) mass is 288 g/mol. The molecule has 0 fully saturated rings. The number of phenolic OH excluding ortho intramolecular Hbond substituents is 1. The van der Waals surface area contributed by atoms with Crippen LogP contribution in [0.1, 0.15) is 31.0 Å². The number of carbonyl (C=O) groups excluding carboxylic acids is 1. The predicted octanol–water partition coefficient (Wildman–Crippen LogP) is 1.75. The molecule has 0 aliphatic heterocycles. The fourth-order valence-corrected chi connectivity index (χ4v) is 1.89. The van der Waals surface area contributed by atoms with Crippen molar-refractivity contribution in [3.8, 4) is 5.75 Å². The topological polar surface area (TPSA) is 104 Å². The lowest BCUT2D eigenvalue weighted by Gasteiger charge is -2.11. The highest BCUT2D eigenvalue weighted by atomic mass is 16.3. The van der Waals surface area contributed by atoms with Gasteiger partial charge in [0.1, 0.15) is 5.75 Å². The summed E-state index contributed by atoms with van der Waals surface area (Å²) in [6.45, 7) is 4.07. The minimum Gasteiger partial charge on any atom is -0.508 e. The second-order valence-corrected chi connectivity index (χ2v) is 5.33. The number of amides is 1. The van der Waals surface area contributed by atoms with E-state index in [0.717, 1.165) is 11.3 Å². The van der Waals surface area contributed by atoms with Crippen molar-refractivity contribution in [1.29, 1.82) is 0 Å². The normalized spacial score (nSPS) is 12.4. The van der Waals surface area contributed by atoms with Crippen LogP contribution in [0.25, 0.3) is 0 Å². The van der Waals surface area contributed by atoms with Crippen LogP contribution in [0.15, 0.2) is 30.3 Å². The Labute approximate surface area is 123 Å². The number of aromatic hydroxyl groups is 1. The fraction of sp³-hybridized carbons (Fsp3) is 0.333. The van der Waals surface area contributed by atoms with Gasteiger partial charge in [0.25, 0.3) is 0 Å². The highest BCUT2D eigenvalue weighted by molar-refractivity contribution is 5.94. The van der Waals surface area contributed by atoms with E-state index in [1.807, 2.05) is 13.8 Å². The maximum Gasteiger partial charge on any atom is 0.242 e. The number of nitrogens with zero attached hydrogens (tertiary/aromatic N) is 1. The van der Waals surface area contributed by atoms with Gasteiger partial charge in [0.15, 0.2) is 5.82 Å². The molecule has 1 amide bonds. The Bertz CT molecular complexity index is 604. The quantitative estimate of drug-likeness (QED) is 0.672. The second-order valence-electron chi connectivity index (χ2n) is 5.33. The first-order chi connectivity index (χ1) is 9.95. The summed E-state index contributed by atoms with van der Waals surface area (Å²) in [5.74, 6) is 0.693. The molecule has 6 heteroatoms. The minimum atomic E-state index is -0.672. The maximum absolute atomic E-state index is 12.0. The zero-order chi connectivity index (χ0) is 15.4. The number of rotatable bonds is 5. The van der Waals surface area contributed by atoms with Gasteiger partial charge in [-0.25, -0.2) is 0 Å². The fourth-order valence-electron chi connectivity index (χ4n) is 1.89. The first-order valence-electron chi connectivity index (χ1n) is 6.85. The Morgan fingerprint density at radius 3 is 2.62 bits per heavy atom. The number of aromatic amines is 1. The van der Waals surface area contributed by atoms with Crippen molar-refractivity contribution < 1.29 is 9.90 Å². The molecule has 1 unspecified atom stereocenters. The van der Waals surface area contributed by atoms with Crippen LogP contribution in [0.4, 0.5) is 5.82 Å². The number of carbonyl (C=O) groups is 1. The molecule has 0 bridgehead atoms. The molecule has 1 atom stereocenters. The molecule has 0 radical (unpaired) electrons. The number of phenols is 1. The molecule has 0 aliphatic rings. The van der Waals surface area contributed by atoms with Crippen LogP contribution in [0.2, 0.25) is 0 Å². The van der Waals surface area contributed by atoms with Crippen molar-refractivity contribution in [2.75, 3.05) is 5.32 Å². The van der Waals surface area contributed by atoms with Crippen LogP contribution in [-0.2, 0) is 11.2 Å². The molecule has 0 saturated carbocycles. The third-order valence-electron chi connectivity index (χ3n) is 3.20. The molecule has 21 heavy (non-hydrogen) atoms. The van der Waals surface area contributed by atoms with Gasteiger partial charge in [-0.3, -0.25) is 9.89 Å². The van der Waals surface area contributed by atoms with Gasteiger partial charge in [0, 0.05) is 11.8 Å². The van der Waals surface area contributed by atoms with E-state index in [-0.39, 0.29) is 11.7 Å². The maximum atomic E-state index is 12.0. The Morgan fingerprint density at radius 1 is 1.38 bits per heavy atom. The van der Waals surface area contributed by atoms with Gasteiger partial charge in [-0.05, 0) is 30.0 Å². The first-order valence-corrected chi connectivity index (χ1v) is 6.85. The van der Waals surface area contributed by atoms with Gasteiger partial charge in [-0.2, -0.15) is 5.10 Å². The third kappa shape index (κ3) is 4.06. The average molecular weight is 288 g/mol. The van der Waals surface area contributed by atoms with Crippen molar-refractivity contribution >= 4 is 11.7 Å². The Morgan fingerprint density at radius 2 is 2.05 bits per heavy atom. The molecule has 0 aliphatic carbocycles. The van der Waals surface area contributed by atoms with Crippen LogP contribution in [0.5, 0.6) is 5.75 Å². The first kappa shape index (κ1) is 15.1. The molecule has 1 heterocycles. The summed E-state index contributed by atoms with van der Waals surface area (Å²) in [4.78, 5) is 12.0. The summed E-state index contributed by atoms with van der Waals surface area (Å²) in [5.41, 5.74) is 7.73. The molecule has 1 aromatic heterocycles. The summed E-state index contributed by atoms with van der Waals surface area (Å²) < 4.78 is 0. The molecule has 2 aromatic rings. The number of nitrogens with two attached hydrogens (primary N) is 1. The van der Waals surface area contributed by atoms with Gasteiger partial charge >= 0.3 is 0 Å². The molecular weight excluding hydrogens is 268 g/mol.